The summed E-state index contributed by atoms with van der Waals surface area (Å²) in [7, 11) is 0. The number of nitrogens with zero attached hydrogens (tertiary/aromatic N) is 3. The number of rotatable bonds is 6. The summed E-state index contributed by atoms with van der Waals surface area (Å²) < 4.78 is 2.03. The van der Waals surface area contributed by atoms with Crippen LogP contribution in [0.2, 0.25) is 0 Å². The van der Waals surface area contributed by atoms with Gasteiger partial charge in [-0.25, -0.2) is 0 Å². The van der Waals surface area contributed by atoms with E-state index in [1.165, 1.54) is 5.56 Å². The van der Waals surface area contributed by atoms with Gasteiger partial charge < -0.3 is 5.32 Å². The lowest BCUT2D eigenvalue weighted by Crippen LogP contribution is -2.22. The van der Waals surface area contributed by atoms with E-state index in [1.807, 2.05) is 28.8 Å². The van der Waals surface area contributed by atoms with E-state index in [2.05, 4.69) is 52.8 Å². The average Bonchev–Trinajstić information content (AvgIpc) is 2.95. The highest BCUT2D eigenvalue weighted by atomic mass is 15.3. The Hall–Kier alpha value is -2.20. The quantitative estimate of drug-likeness (QED) is 0.753. The van der Waals surface area contributed by atoms with E-state index in [4.69, 9.17) is 0 Å². The second-order valence-electron chi connectivity index (χ2n) is 5.18. The highest BCUT2D eigenvalue weighted by molar-refractivity contribution is 5.37. The molecule has 3 aromatic rings. The van der Waals surface area contributed by atoms with Crippen LogP contribution in [0.4, 0.5) is 0 Å². The van der Waals surface area contributed by atoms with Gasteiger partial charge in [0, 0.05) is 12.2 Å². The molecule has 0 spiro atoms. The molecule has 0 amide bonds. The number of aromatic nitrogens is 3. The molecule has 0 saturated heterocycles. The Labute approximate surface area is 124 Å². The fourth-order valence-electron chi connectivity index (χ4n) is 2.59. The van der Waals surface area contributed by atoms with Crippen molar-refractivity contribution in [1.82, 2.24) is 19.9 Å². The summed E-state index contributed by atoms with van der Waals surface area (Å²) >= 11 is 0. The predicted molar refractivity (Wildman–Crippen MR) is 83.9 cm³/mol. The zero-order chi connectivity index (χ0) is 14.5. The molecule has 3 rings (SSSR count). The first-order valence-electron chi connectivity index (χ1n) is 7.45. The van der Waals surface area contributed by atoms with Crippen LogP contribution in [-0.4, -0.2) is 14.6 Å². The normalized spacial score (nSPS) is 12.6. The molecule has 4 nitrogen and oxygen atoms in total. The molecule has 1 atom stereocenters. The molecule has 2 heterocycles. The van der Waals surface area contributed by atoms with Crippen molar-refractivity contribution in [2.24, 2.45) is 0 Å². The summed E-state index contributed by atoms with van der Waals surface area (Å²) in [6.07, 6.45) is 4.26. The van der Waals surface area contributed by atoms with Crippen molar-refractivity contribution in [3.8, 4) is 0 Å². The van der Waals surface area contributed by atoms with Crippen molar-refractivity contribution in [2.45, 2.75) is 32.4 Å². The lowest BCUT2D eigenvalue weighted by molar-refractivity contribution is 0.483. The Kier molecular flexibility index (Phi) is 4.26. The Morgan fingerprint density at radius 2 is 1.86 bits per heavy atom. The fourth-order valence-corrected chi connectivity index (χ4v) is 2.59. The number of fused-ring (bicyclic) bond motifs is 1. The molecule has 0 fully saturated rings. The molecular weight excluding hydrogens is 260 g/mol. The maximum absolute atomic E-state index is 4.27. The van der Waals surface area contributed by atoms with Crippen LogP contribution < -0.4 is 5.32 Å². The van der Waals surface area contributed by atoms with Crippen LogP contribution in [-0.2, 0) is 6.54 Å². The average molecular weight is 280 g/mol. The Balaban J connectivity index is 1.75. The second kappa shape index (κ2) is 6.50. The summed E-state index contributed by atoms with van der Waals surface area (Å²) in [5, 5.41) is 12.1. The maximum atomic E-state index is 4.27. The lowest BCUT2D eigenvalue weighted by atomic mass is 10.0. The molecular formula is C17H20N4. The minimum atomic E-state index is 0.354. The van der Waals surface area contributed by atoms with Crippen molar-refractivity contribution < 1.29 is 0 Å². The van der Waals surface area contributed by atoms with Crippen LogP contribution in [0.25, 0.3) is 5.65 Å². The molecule has 1 N–H and O–H groups in total. The van der Waals surface area contributed by atoms with E-state index >= 15 is 0 Å². The van der Waals surface area contributed by atoms with E-state index in [9.17, 15) is 0 Å². The molecule has 0 aliphatic rings. The molecule has 0 aliphatic heterocycles. The van der Waals surface area contributed by atoms with Gasteiger partial charge in [-0.15, -0.1) is 10.2 Å². The summed E-state index contributed by atoms with van der Waals surface area (Å²) in [5.41, 5.74) is 2.22. The van der Waals surface area contributed by atoms with E-state index < -0.39 is 0 Å². The Morgan fingerprint density at radius 3 is 2.67 bits per heavy atom. The van der Waals surface area contributed by atoms with Crippen molar-refractivity contribution in [1.29, 1.82) is 0 Å². The number of hydrogen-bond acceptors (Lipinski definition) is 3. The van der Waals surface area contributed by atoms with Gasteiger partial charge in [0.1, 0.15) is 0 Å². The van der Waals surface area contributed by atoms with Crippen LogP contribution in [0.5, 0.6) is 0 Å². The fraction of sp³-hybridized carbons (Fsp3) is 0.294. The third-order valence-corrected chi connectivity index (χ3v) is 3.67. The van der Waals surface area contributed by atoms with Gasteiger partial charge >= 0.3 is 0 Å². The molecule has 0 bridgehead atoms. The standard InChI is InChI=1S/C17H20N4/c1-2-8-15(14-9-4-3-5-10-14)18-13-17-20-19-16-11-6-7-12-21(16)17/h3-7,9-12,15,18H,2,8,13H2,1H3. The molecule has 4 heteroatoms. The number of benzene rings is 1. The van der Waals surface area contributed by atoms with Gasteiger partial charge in [0.05, 0.1) is 6.54 Å². The Morgan fingerprint density at radius 1 is 1.05 bits per heavy atom. The van der Waals surface area contributed by atoms with Crippen molar-refractivity contribution in [2.75, 3.05) is 0 Å². The van der Waals surface area contributed by atoms with Crippen molar-refractivity contribution >= 4 is 5.65 Å². The van der Waals surface area contributed by atoms with Gasteiger partial charge in [0.2, 0.25) is 0 Å². The highest BCUT2D eigenvalue weighted by Crippen LogP contribution is 2.18. The van der Waals surface area contributed by atoms with Crippen LogP contribution in [0, 0.1) is 0 Å². The van der Waals surface area contributed by atoms with Gasteiger partial charge in [-0.1, -0.05) is 49.7 Å². The van der Waals surface area contributed by atoms with Gasteiger partial charge in [-0.05, 0) is 24.1 Å². The third-order valence-electron chi connectivity index (χ3n) is 3.67. The first-order valence-corrected chi connectivity index (χ1v) is 7.45. The molecule has 0 radical (unpaired) electrons. The zero-order valence-electron chi connectivity index (χ0n) is 12.2. The molecule has 0 aliphatic carbocycles. The SMILES string of the molecule is CCCC(NCc1nnc2ccccn12)c1ccccc1. The van der Waals surface area contributed by atoms with Gasteiger partial charge in [0.25, 0.3) is 0 Å². The lowest BCUT2D eigenvalue weighted by Gasteiger charge is -2.18. The van der Waals surface area contributed by atoms with Crippen LogP contribution in [0.15, 0.2) is 54.7 Å². The van der Waals surface area contributed by atoms with Gasteiger partial charge in [-0.3, -0.25) is 4.40 Å². The molecule has 1 aromatic carbocycles. The first-order chi connectivity index (χ1) is 10.4. The topological polar surface area (TPSA) is 42.2 Å². The van der Waals surface area contributed by atoms with Crippen molar-refractivity contribution in [3.63, 3.8) is 0 Å². The molecule has 21 heavy (non-hydrogen) atoms. The van der Waals surface area contributed by atoms with Gasteiger partial charge in [-0.2, -0.15) is 0 Å². The maximum Gasteiger partial charge on any atom is 0.160 e. The minimum Gasteiger partial charge on any atom is -0.303 e. The molecule has 1 unspecified atom stereocenters. The van der Waals surface area contributed by atoms with E-state index in [0.29, 0.717) is 12.6 Å². The van der Waals surface area contributed by atoms with E-state index in [1.54, 1.807) is 0 Å². The van der Waals surface area contributed by atoms with E-state index in [0.717, 1.165) is 24.3 Å². The van der Waals surface area contributed by atoms with Crippen molar-refractivity contribution in [3.05, 3.63) is 66.1 Å². The molecule has 2 aromatic heterocycles. The Bertz CT molecular complexity index is 690. The summed E-state index contributed by atoms with van der Waals surface area (Å²) in [5.74, 6) is 0.947. The molecule has 0 saturated carbocycles. The summed E-state index contributed by atoms with van der Waals surface area (Å²) in [6.45, 7) is 2.93. The smallest absolute Gasteiger partial charge is 0.160 e. The highest BCUT2D eigenvalue weighted by Gasteiger charge is 2.11. The summed E-state index contributed by atoms with van der Waals surface area (Å²) in [6, 6.07) is 16.9. The van der Waals surface area contributed by atoms with Crippen LogP contribution in [0.3, 0.4) is 0 Å². The molecule has 108 valence electrons. The monoisotopic (exact) mass is 280 g/mol. The largest absolute Gasteiger partial charge is 0.303 e. The number of hydrogen-bond donors (Lipinski definition) is 1. The van der Waals surface area contributed by atoms with Gasteiger partial charge in [0.15, 0.2) is 11.5 Å². The third kappa shape index (κ3) is 3.11. The number of pyridine rings is 1. The van der Waals surface area contributed by atoms with Crippen LogP contribution >= 0.6 is 0 Å². The zero-order valence-corrected chi connectivity index (χ0v) is 12.2. The predicted octanol–water partition coefficient (Wildman–Crippen LogP) is 3.36. The van der Waals surface area contributed by atoms with Crippen LogP contribution in [0.1, 0.15) is 37.2 Å². The second-order valence-corrected chi connectivity index (χ2v) is 5.18. The number of nitrogens with one attached hydrogen (secondary N) is 1. The van der Waals surface area contributed by atoms with E-state index in [-0.39, 0.29) is 0 Å². The summed E-state index contributed by atoms with van der Waals surface area (Å²) in [4.78, 5) is 0. The minimum absolute atomic E-state index is 0.354. The first kappa shape index (κ1) is 13.8.